The molecular formula is C4H4NO4S2-. The fraction of sp³-hybridized carbons (Fsp3) is 0.250. The lowest BCUT2D eigenvalue weighted by Gasteiger charge is -2.13. The fourth-order valence-electron chi connectivity index (χ4n) is 0.347. The number of carboxylic acid groups (broad SMARTS) is 2. The average Bonchev–Trinajstić information content (AvgIpc) is 1.81. The van der Waals surface area contributed by atoms with Gasteiger partial charge in [0, 0.05) is 0 Å². The number of nitrogens with one attached hydrogen (secondary N) is 1. The van der Waals surface area contributed by atoms with Gasteiger partial charge in [0.25, 0.3) is 0 Å². The van der Waals surface area contributed by atoms with Gasteiger partial charge in [-0.2, -0.15) is 0 Å². The van der Waals surface area contributed by atoms with Crippen molar-refractivity contribution in [3.63, 3.8) is 0 Å². The van der Waals surface area contributed by atoms with Crippen molar-refractivity contribution in [1.82, 2.24) is 5.32 Å². The predicted octanol–water partition coefficient (Wildman–Crippen LogP) is -1.05. The van der Waals surface area contributed by atoms with Gasteiger partial charge in [-0.15, -0.1) is 0 Å². The second-order valence-corrected chi connectivity index (χ2v) is 2.62. The molecule has 0 fully saturated rings. The van der Waals surface area contributed by atoms with Gasteiger partial charge >= 0.3 is 11.9 Å². The summed E-state index contributed by atoms with van der Waals surface area (Å²) < 4.78 is -0.278. The Labute approximate surface area is 72.8 Å². The van der Waals surface area contributed by atoms with E-state index in [0.717, 1.165) is 0 Å². The zero-order valence-electron chi connectivity index (χ0n) is 5.10. The summed E-state index contributed by atoms with van der Waals surface area (Å²) >= 11 is 8.57. The van der Waals surface area contributed by atoms with E-state index in [-0.39, 0.29) is 4.32 Å². The summed E-state index contributed by atoms with van der Waals surface area (Å²) in [5.41, 5.74) is 0. The Morgan fingerprint density at radius 3 is 1.82 bits per heavy atom. The fourth-order valence-corrected chi connectivity index (χ4v) is 0.583. The summed E-state index contributed by atoms with van der Waals surface area (Å²) in [6, 6.07) is -1.75. The summed E-state index contributed by atoms with van der Waals surface area (Å²) in [4.78, 5) is 20.3. The van der Waals surface area contributed by atoms with Crippen LogP contribution in [0.1, 0.15) is 0 Å². The van der Waals surface area contributed by atoms with Gasteiger partial charge < -0.3 is 40.4 Å². The first kappa shape index (κ1) is 10.0. The smallest absolute Gasteiger partial charge is 0.337 e. The zero-order chi connectivity index (χ0) is 9.02. The van der Waals surface area contributed by atoms with E-state index < -0.39 is 18.0 Å². The largest absolute Gasteiger partial charge is 0.479 e. The van der Waals surface area contributed by atoms with E-state index in [4.69, 9.17) is 10.2 Å². The van der Waals surface area contributed by atoms with Gasteiger partial charge in [0.05, 0.1) is 0 Å². The van der Waals surface area contributed by atoms with Gasteiger partial charge in [-0.25, -0.2) is 9.59 Å². The van der Waals surface area contributed by atoms with Crippen molar-refractivity contribution < 1.29 is 19.8 Å². The molecule has 62 valence electrons. The van der Waals surface area contributed by atoms with Crippen LogP contribution in [-0.4, -0.2) is 32.5 Å². The molecule has 0 aromatic rings. The highest BCUT2D eigenvalue weighted by atomic mass is 32.1. The van der Waals surface area contributed by atoms with Gasteiger partial charge in [0.15, 0.2) is 0 Å². The highest BCUT2D eigenvalue weighted by Gasteiger charge is 2.23. The maximum absolute atomic E-state index is 10.1. The van der Waals surface area contributed by atoms with Gasteiger partial charge in [-0.3, -0.25) is 0 Å². The molecule has 0 aliphatic heterocycles. The van der Waals surface area contributed by atoms with E-state index in [2.05, 4.69) is 24.8 Å². The van der Waals surface area contributed by atoms with Gasteiger partial charge in [0.2, 0.25) is 6.04 Å². The van der Waals surface area contributed by atoms with E-state index in [9.17, 15) is 9.59 Å². The molecule has 0 aromatic heterocycles. The number of hydrogen-bond donors (Lipinski definition) is 3. The molecule has 0 bridgehead atoms. The van der Waals surface area contributed by atoms with Crippen LogP contribution in [0.3, 0.4) is 0 Å². The Balaban J connectivity index is 4.23. The number of aliphatic carboxylic acids is 2. The lowest BCUT2D eigenvalue weighted by molar-refractivity contribution is -0.150. The number of thiocarbonyl (C=S) groups is 1. The highest BCUT2D eigenvalue weighted by molar-refractivity contribution is 8.00. The van der Waals surface area contributed by atoms with Crippen molar-refractivity contribution in [2.45, 2.75) is 6.04 Å². The zero-order valence-corrected chi connectivity index (χ0v) is 6.74. The van der Waals surface area contributed by atoms with Crippen molar-refractivity contribution in [3.8, 4) is 0 Å². The Morgan fingerprint density at radius 2 is 1.73 bits per heavy atom. The van der Waals surface area contributed by atoms with Crippen molar-refractivity contribution in [3.05, 3.63) is 0 Å². The maximum Gasteiger partial charge on any atom is 0.337 e. The lowest BCUT2D eigenvalue weighted by Crippen LogP contribution is -2.45. The van der Waals surface area contributed by atoms with E-state index in [1.807, 2.05) is 5.32 Å². The Hall–Kier alpha value is -0.950. The molecular weight excluding hydrogens is 190 g/mol. The summed E-state index contributed by atoms with van der Waals surface area (Å²) in [5.74, 6) is -3.05. The minimum absolute atomic E-state index is 0.278. The molecule has 0 spiro atoms. The third kappa shape index (κ3) is 3.68. The molecule has 7 heteroatoms. The molecule has 5 nitrogen and oxygen atoms in total. The predicted molar refractivity (Wildman–Crippen MR) is 42.2 cm³/mol. The van der Waals surface area contributed by atoms with Crippen LogP contribution in [0.15, 0.2) is 0 Å². The summed E-state index contributed by atoms with van der Waals surface area (Å²) in [5, 5.41) is 18.4. The molecule has 3 N–H and O–H groups in total. The molecule has 11 heavy (non-hydrogen) atoms. The van der Waals surface area contributed by atoms with Crippen LogP contribution < -0.4 is 5.32 Å². The molecule has 0 aliphatic carbocycles. The van der Waals surface area contributed by atoms with E-state index in [0.29, 0.717) is 0 Å². The van der Waals surface area contributed by atoms with Gasteiger partial charge in [-0.1, -0.05) is 4.32 Å². The summed E-state index contributed by atoms with van der Waals surface area (Å²) in [6.45, 7) is 0. The Kier molecular flexibility index (Phi) is 3.69. The van der Waals surface area contributed by atoms with Gasteiger partial charge in [0.1, 0.15) is 0 Å². The molecule has 0 saturated heterocycles. The molecule has 0 unspecified atom stereocenters. The Bertz CT molecular complexity index is 190. The maximum atomic E-state index is 10.1. The van der Waals surface area contributed by atoms with Crippen LogP contribution >= 0.6 is 12.2 Å². The van der Waals surface area contributed by atoms with Crippen LogP contribution in [0.2, 0.25) is 0 Å². The molecule has 0 rings (SSSR count). The monoisotopic (exact) mass is 194 g/mol. The minimum Gasteiger partial charge on any atom is -0.479 e. The van der Waals surface area contributed by atoms with Crippen molar-refractivity contribution >= 4 is 41.1 Å². The lowest BCUT2D eigenvalue weighted by atomic mass is 10.3. The second kappa shape index (κ2) is 4.04. The van der Waals surface area contributed by atoms with Crippen LogP contribution in [-0.2, 0) is 22.2 Å². The quantitative estimate of drug-likeness (QED) is 0.300. The standard InChI is InChI=1S/C4H5NO4S2/c6-2(7)1(3(8)9)5-4(10)11/h1H,(H,6,7)(H,8,9)(H2,5,10,11)/p-1. The number of hydrogen-bond acceptors (Lipinski definition) is 4. The molecule has 0 atom stereocenters. The van der Waals surface area contributed by atoms with E-state index in [1.165, 1.54) is 0 Å². The number of carboxylic acids is 2. The highest BCUT2D eigenvalue weighted by Crippen LogP contribution is 1.84. The van der Waals surface area contributed by atoms with Crippen molar-refractivity contribution in [2.24, 2.45) is 0 Å². The van der Waals surface area contributed by atoms with Crippen LogP contribution in [0.5, 0.6) is 0 Å². The molecule has 0 heterocycles. The first-order valence-electron chi connectivity index (χ1n) is 2.38. The van der Waals surface area contributed by atoms with Gasteiger partial charge in [-0.05, 0) is 0 Å². The summed E-state index contributed by atoms with van der Waals surface area (Å²) in [7, 11) is 0. The molecule has 0 saturated carbocycles. The van der Waals surface area contributed by atoms with E-state index in [1.54, 1.807) is 0 Å². The van der Waals surface area contributed by atoms with Crippen LogP contribution in [0.4, 0.5) is 0 Å². The minimum atomic E-state index is -1.75. The summed E-state index contributed by atoms with van der Waals surface area (Å²) in [6.07, 6.45) is 0. The van der Waals surface area contributed by atoms with E-state index >= 15 is 0 Å². The number of carbonyl (C=O) groups is 2. The molecule has 0 amide bonds. The van der Waals surface area contributed by atoms with Crippen LogP contribution in [0, 0.1) is 0 Å². The molecule has 0 aliphatic rings. The SMILES string of the molecule is O=C(O)C(NC(=S)[S-])C(=O)O. The van der Waals surface area contributed by atoms with Crippen LogP contribution in [0.25, 0.3) is 0 Å². The van der Waals surface area contributed by atoms with Crippen molar-refractivity contribution in [2.75, 3.05) is 0 Å². The third-order valence-electron chi connectivity index (χ3n) is 0.756. The topological polar surface area (TPSA) is 86.6 Å². The average molecular weight is 194 g/mol. The molecule has 0 radical (unpaired) electrons. The Morgan fingerprint density at radius 1 is 1.36 bits per heavy atom. The third-order valence-corrected chi connectivity index (χ3v) is 0.992. The number of rotatable bonds is 3. The van der Waals surface area contributed by atoms with Crippen molar-refractivity contribution in [1.29, 1.82) is 0 Å². The first-order chi connectivity index (χ1) is 4.95. The first-order valence-corrected chi connectivity index (χ1v) is 3.20. The second-order valence-electron chi connectivity index (χ2n) is 1.54. The normalized spacial score (nSPS) is 9.18. The molecule has 0 aromatic carbocycles.